The van der Waals surface area contributed by atoms with Crippen LogP contribution in [0, 0.1) is 11.3 Å². The van der Waals surface area contributed by atoms with E-state index in [2.05, 4.69) is 17.5 Å². The highest BCUT2D eigenvalue weighted by atomic mass is 31.2. The minimum absolute atomic E-state index is 0.0217. The first-order chi connectivity index (χ1) is 19.8. The van der Waals surface area contributed by atoms with Gasteiger partial charge in [-0.1, -0.05) is 122 Å². The van der Waals surface area contributed by atoms with Gasteiger partial charge in [-0.05, 0) is 38.0 Å². The van der Waals surface area contributed by atoms with Gasteiger partial charge in [0.1, 0.15) is 11.8 Å². The maximum atomic E-state index is 11.8. The van der Waals surface area contributed by atoms with Crippen molar-refractivity contribution in [3.05, 3.63) is 29.3 Å². The standard InChI is InChI=1S/C33H58NO6P/c1-5-6-7-8-9-10-11-12-13-14-15-16-17-18-19-20-21-22-32(28-39-41(35,36)37-4)38-27-30-23-24-31(26-34)33(25-30)40-29(2)3/h23-25,29,32H,5-22,27-28H2,1-4H3,(H,35,36)/t32-/m1/s1. The summed E-state index contributed by atoms with van der Waals surface area (Å²) in [5.41, 5.74) is 1.35. The van der Waals surface area contributed by atoms with Gasteiger partial charge in [-0.3, -0.25) is 9.05 Å². The van der Waals surface area contributed by atoms with Crippen molar-refractivity contribution in [2.24, 2.45) is 0 Å². The molecule has 1 aromatic rings. The number of phosphoric acid groups is 1. The normalized spacial score (nSPS) is 13.7. The summed E-state index contributed by atoms with van der Waals surface area (Å²) in [4.78, 5) is 9.66. The quantitative estimate of drug-likeness (QED) is 0.0798. The van der Waals surface area contributed by atoms with Crippen molar-refractivity contribution < 1.29 is 28.0 Å². The van der Waals surface area contributed by atoms with Gasteiger partial charge in [-0.2, -0.15) is 5.26 Å². The van der Waals surface area contributed by atoms with Gasteiger partial charge in [-0.15, -0.1) is 0 Å². The molecular weight excluding hydrogens is 537 g/mol. The Hall–Kier alpha value is -1.42. The number of nitrogens with zero attached hydrogens (tertiary/aromatic N) is 1. The Balaban J connectivity index is 2.27. The summed E-state index contributed by atoms with van der Waals surface area (Å²) in [6.07, 6.45) is 22.8. The molecular formula is C33H58NO6P. The SMILES string of the molecule is CCCCCCCCCCCCCCCCCCC[C@H](COP(=O)(O)OC)OCc1ccc(C#N)c(OC(C)C)c1. The van der Waals surface area contributed by atoms with Crippen LogP contribution >= 0.6 is 7.82 Å². The van der Waals surface area contributed by atoms with Crippen molar-refractivity contribution in [1.82, 2.24) is 0 Å². The zero-order valence-electron chi connectivity index (χ0n) is 26.4. The third kappa shape index (κ3) is 20.2. The third-order valence-electron chi connectivity index (χ3n) is 7.30. The second-order valence-electron chi connectivity index (χ2n) is 11.4. The van der Waals surface area contributed by atoms with E-state index in [1.54, 1.807) is 6.07 Å². The first-order valence-corrected chi connectivity index (χ1v) is 17.6. The summed E-state index contributed by atoms with van der Waals surface area (Å²) in [7, 11) is -2.92. The van der Waals surface area contributed by atoms with E-state index < -0.39 is 7.82 Å². The van der Waals surface area contributed by atoms with Crippen LogP contribution in [-0.4, -0.2) is 30.8 Å². The fraction of sp³-hybridized carbons (Fsp3) is 0.788. The minimum Gasteiger partial charge on any atom is -0.490 e. The number of phosphoric ester groups is 1. The summed E-state index contributed by atoms with van der Waals surface area (Å²) in [6, 6.07) is 7.54. The lowest BCUT2D eigenvalue weighted by Gasteiger charge is -2.20. The summed E-state index contributed by atoms with van der Waals surface area (Å²) in [5.74, 6) is 0.531. The molecule has 0 heterocycles. The van der Waals surface area contributed by atoms with E-state index in [0.29, 0.717) is 11.3 Å². The van der Waals surface area contributed by atoms with Crippen molar-refractivity contribution in [1.29, 1.82) is 5.26 Å². The Bertz CT molecular complexity index is 872. The molecule has 0 saturated heterocycles. The van der Waals surface area contributed by atoms with Gasteiger partial charge >= 0.3 is 7.82 Å². The molecule has 1 unspecified atom stereocenters. The molecule has 0 aliphatic carbocycles. The Morgan fingerprint density at radius 2 is 1.37 bits per heavy atom. The van der Waals surface area contributed by atoms with Crippen LogP contribution in [0.1, 0.15) is 147 Å². The Morgan fingerprint density at radius 1 is 0.854 bits per heavy atom. The van der Waals surface area contributed by atoms with Crippen LogP contribution in [0.15, 0.2) is 18.2 Å². The van der Waals surface area contributed by atoms with Crippen LogP contribution in [0.5, 0.6) is 5.75 Å². The lowest BCUT2D eigenvalue weighted by molar-refractivity contribution is -0.00516. The highest BCUT2D eigenvalue weighted by Gasteiger charge is 2.22. The second-order valence-corrected chi connectivity index (χ2v) is 13.0. The molecule has 1 aromatic carbocycles. The van der Waals surface area contributed by atoms with Crippen LogP contribution in [0.25, 0.3) is 0 Å². The molecule has 0 aromatic heterocycles. The van der Waals surface area contributed by atoms with E-state index in [1.165, 1.54) is 96.3 Å². The number of benzene rings is 1. The minimum atomic E-state index is -4.07. The number of hydrogen-bond acceptors (Lipinski definition) is 6. The first kappa shape index (κ1) is 37.6. The van der Waals surface area contributed by atoms with Gasteiger partial charge in [0.25, 0.3) is 0 Å². The van der Waals surface area contributed by atoms with Gasteiger partial charge in [0.15, 0.2) is 0 Å². The van der Waals surface area contributed by atoms with Gasteiger partial charge in [0.2, 0.25) is 0 Å². The Kier molecular flexibility index (Phi) is 22.1. The zero-order chi connectivity index (χ0) is 30.2. The number of ether oxygens (including phenoxy) is 2. The number of hydrogen-bond donors (Lipinski definition) is 1. The second kappa shape index (κ2) is 24.1. The van der Waals surface area contributed by atoms with Crippen LogP contribution in [-0.2, 0) is 25.0 Å². The predicted molar refractivity (Wildman–Crippen MR) is 167 cm³/mol. The predicted octanol–water partition coefficient (Wildman–Crippen LogP) is 10.0. The van der Waals surface area contributed by atoms with Crippen LogP contribution < -0.4 is 4.74 Å². The van der Waals surface area contributed by atoms with Crippen molar-refractivity contribution in [3.63, 3.8) is 0 Å². The number of rotatable bonds is 27. The van der Waals surface area contributed by atoms with E-state index in [0.717, 1.165) is 31.9 Å². The lowest BCUT2D eigenvalue weighted by Crippen LogP contribution is -2.19. The van der Waals surface area contributed by atoms with Crippen molar-refractivity contribution in [2.75, 3.05) is 13.7 Å². The smallest absolute Gasteiger partial charge is 0.472 e. The summed E-state index contributed by atoms with van der Waals surface area (Å²) >= 11 is 0. The molecule has 0 bridgehead atoms. The monoisotopic (exact) mass is 595 g/mol. The van der Waals surface area contributed by atoms with Crippen molar-refractivity contribution in [2.45, 2.75) is 155 Å². The fourth-order valence-electron chi connectivity index (χ4n) is 4.86. The molecule has 41 heavy (non-hydrogen) atoms. The maximum absolute atomic E-state index is 11.8. The zero-order valence-corrected chi connectivity index (χ0v) is 27.3. The fourth-order valence-corrected chi connectivity index (χ4v) is 5.32. The topological polar surface area (TPSA) is 98.0 Å². The van der Waals surface area contributed by atoms with E-state index in [-0.39, 0.29) is 25.4 Å². The molecule has 0 spiro atoms. The molecule has 1 N–H and O–H groups in total. The van der Waals surface area contributed by atoms with E-state index >= 15 is 0 Å². The molecule has 0 aliphatic heterocycles. The van der Waals surface area contributed by atoms with E-state index in [1.807, 2.05) is 26.0 Å². The molecule has 0 radical (unpaired) electrons. The van der Waals surface area contributed by atoms with E-state index in [9.17, 15) is 14.7 Å². The average molecular weight is 596 g/mol. The largest absolute Gasteiger partial charge is 0.490 e. The summed E-state index contributed by atoms with van der Waals surface area (Å²) in [6.45, 7) is 6.37. The first-order valence-electron chi connectivity index (χ1n) is 16.2. The van der Waals surface area contributed by atoms with E-state index in [4.69, 9.17) is 14.0 Å². The molecule has 0 aliphatic rings. The molecule has 2 atom stereocenters. The maximum Gasteiger partial charge on any atom is 0.472 e. The Labute approximate surface area is 250 Å². The van der Waals surface area contributed by atoms with Crippen LogP contribution in [0.2, 0.25) is 0 Å². The molecule has 8 heteroatoms. The molecule has 0 saturated carbocycles. The van der Waals surface area contributed by atoms with Gasteiger partial charge in [0.05, 0.1) is 31.0 Å². The van der Waals surface area contributed by atoms with Gasteiger partial charge in [-0.25, -0.2) is 4.57 Å². The van der Waals surface area contributed by atoms with Crippen LogP contribution in [0.4, 0.5) is 0 Å². The molecule has 236 valence electrons. The molecule has 0 fully saturated rings. The number of nitriles is 1. The highest BCUT2D eigenvalue weighted by Crippen LogP contribution is 2.42. The van der Waals surface area contributed by atoms with Gasteiger partial charge in [0, 0.05) is 7.11 Å². The summed E-state index contributed by atoms with van der Waals surface area (Å²) < 4.78 is 33.3. The van der Waals surface area contributed by atoms with Crippen molar-refractivity contribution >= 4 is 7.82 Å². The average Bonchev–Trinajstić information content (AvgIpc) is 2.95. The Morgan fingerprint density at radius 3 is 1.83 bits per heavy atom. The third-order valence-corrected chi connectivity index (χ3v) is 8.24. The summed E-state index contributed by atoms with van der Waals surface area (Å²) in [5, 5.41) is 9.34. The molecule has 7 nitrogen and oxygen atoms in total. The lowest BCUT2D eigenvalue weighted by atomic mass is 10.0. The molecule has 1 rings (SSSR count). The van der Waals surface area contributed by atoms with Crippen LogP contribution in [0.3, 0.4) is 0 Å². The number of unbranched alkanes of at least 4 members (excludes halogenated alkanes) is 16. The van der Waals surface area contributed by atoms with Gasteiger partial charge < -0.3 is 14.4 Å². The highest BCUT2D eigenvalue weighted by molar-refractivity contribution is 7.47. The van der Waals surface area contributed by atoms with Crippen molar-refractivity contribution in [3.8, 4) is 11.8 Å². The molecule has 0 amide bonds.